The molecule has 0 aliphatic heterocycles. The minimum Gasteiger partial charge on any atom is -0.381 e. The normalized spacial score (nSPS) is 15.2. The van der Waals surface area contributed by atoms with Gasteiger partial charge in [-0.05, 0) is 26.0 Å². The van der Waals surface area contributed by atoms with Crippen molar-refractivity contribution < 1.29 is 13.2 Å². The molecule has 2 aromatic rings. The fourth-order valence-electron chi connectivity index (χ4n) is 2.04. The van der Waals surface area contributed by atoms with Crippen LogP contribution in [0.4, 0.5) is 0 Å². The largest absolute Gasteiger partial charge is 0.381 e. The number of benzene rings is 1. The molecule has 1 aromatic carbocycles. The van der Waals surface area contributed by atoms with E-state index in [1.807, 2.05) is 31.2 Å². The summed E-state index contributed by atoms with van der Waals surface area (Å²) in [5.74, 6) is -0.0340. The standard InChI is InChI=1S/C14H20N2O3S2/c1-10(16-21(17,18)9-11(2)19-3)8-14-15-12-6-4-5-7-13(12)20-14/h4-7,10-11,16H,8-9H2,1-3H3/t10-,11-/m1/s1. The van der Waals surface area contributed by atoms with Gasteiger partial charge in [-0.15, -0.1) is 11.3 Å². The van der Waals surface area contributed by atoms with Crippen LogP contribution in [0.5, 0.6) is 0 Å². The molecule has 2 rings (SSSR count). The number of ether oxygens (including phenoxy) is 1. The first-order valence-electron chi connectivity index (χ1n) is 6.77. The first-order valence-corrected chi connectivity index (χ1v) is 9.24. The van der Waals surface area contributed by atoms with E-state index in [9.17, 15) is 8.42 Å². The minimum absolute atomic E-state index is 0.0340. The van der Waals surface area contributed by atoms with E-state index in [-0.39, 0.29) is 17.9 Å². The van der Waals surface area contributed by atoms with E-state index < -0.39 is 10.0 Å². The molecule has 1 heterocycles. The Bertz CT molecular complexity index is 664. The van der Waals surface area contributed by atoms with Gasteiger partial charge in [0, 0.05) is 19.6 Å². The Balaban J connectivity index is 1.99. The maximum Gasteiger partial charge on any atom is 0.214 e. The van der Waals surface area contributed by atoms with Crippen molar-refractivity contribution in [2.75, 3.05) is 12.9 Å². The molecule has 1 N–H and O–H groups in total. The molecule has 0 bridgehead atoms. The summed E-state index contributed by atoms with van der Waals surface area (Å²) in [5, 5.41) is 0.936. The van der Waals surface area contributed by atoms with E-state index in [2.05, 4.69) is 9.71 Å². The van der Waals surface area contributed by atoms with Crippen LogP contribution in [-0.4, -0.2) is 38.4 Å². The number of thiazole rings is 1. The summed E-state index contributed by atoms with van der Waals surface area (Å²) in [6, 6.07) is 7.71. The number of hydrogen-bond donors (Lipinski definition) is 1. The van der Waals surface area contributed by atoms with Crippen molar-refractivity contribution in [1.29, 1.82) is 0 Å². The van der Waals surface area contributed by atoms with Crippen LogP contribution in [0.3, 0.4) is 0 Å². The van der Waals surface area contributed by atoms with Crippen LogP contribution in [0.15, 0.2) is 24.3 Å². The highest BCUT2D eigenvalue weighted by Crippen LogP contribution is 2.22. The lowest BCUT2D eigenvalue weighted by molar-refractivity contribution is 0.136. The fourth-order valence-corrected chi connectivity index (χ4v) is 4.69. The Morgan fingerprint density at radius 2 is 2.05 bits per heavy atom. The second-order valence-corrected chi connectivity index (χ2v) is 8.04. The minimum atomic E-state index is -3.34. The van der Waals surface area contributed by atoms with Crippen LogP contribution in [0.2, 0.25) is 0 Å². The molecule has 0 amide bonds. The Kier molecular flexibility index (Phi) is 5.32. The van der Waals surface area contributed by atoms with Gasteiger partial charge in [-0.25, -0.2) is 18.1 Å². The number of methoxy groups -OCH3 is 1. The van der Waals surface area contributed by atoms with Crippen LogP contribution >= 0.6 is 11.3 Å². The van der Waals surface area contributed by atoms with Gasteiger partial charge < -0.3 is 4.74 Å². The number of rotatable bonds is 7. The monoisotopic (exact) mass is 328 g/mol. The number of hydrogen-bond acceptors (Lipinski definition) is 5. The molecule has 0 fully saturated rings. The van der Waals surface area contributed by atoms with Crippen LogP contribution in [-0.2, 0) is 21.2 Å². The molecule has 1 aromatic heterocycles. The van der Waals surface area contributed by atoms with Crippen molar-refractivity contribution in [1.82, 2.24) is 9.71 Å². The van der Waals surface area contributed by atoms with Gasteiger partial charge in [-0.2, -0.15) is 0 Å². The topological polar surface area (TPSA) is 68.3 Å². The number of sulfonamides is 1. The average molecular weight is 328 g/mol. The molecule has 7 heteroatoms. The summed E-state index contributed by atoms with van der Waals surface area (Å²) in [7, 11) is -1.84. The van der Waals surface area contributed by atoms with Crippen LogP contribution < -0.4 is 4.72 Å². The quantitative estimate of drug-likeness (QED) is 0.846. The number of fused-ring (bicyclic) bond motifs is 1. The van der Waals surface area contributed by atoms with E-state index in [1.54, 1.807) is 18.3 Å². The van der Waals surface area contributed by atoms with Crippen molar-refractivity contribution in [3.8, 4) is 0 Å². The van der Waals surface area contributed by atoms with Gasteiger partial charge in [0.1, 0.15) is 0 Å². The molecule has 0 unspecified atom stereocenters. The zero-order valence-electron chi connectivity index (χ0n) is 12.4. The SMILES string of the molecule is CO[C@H](C)CS(=O)(=O)N[C@H](C)Cc1nc2ccccc2s1. The number of para-hydroxylation sites is 1. The first kappa shape index (κ1) is 16.4. The molecular weight excluding hydrogens is 308 g/mol. The van der Waals surface area contributed by atoms with Gasteiger partial charge in [0.2, 0.25) is 10.0 Å². The molecule has 2 atom stereocenters. The van der Waals surface area contributed by atoms with Gasteiger partial charge in [-0.3, -0.25) is 0 Å². The molecule has 21 heavy (non-hydrogen) atoms. The highest BCUT2D eigenvalue weighted by molar-refractivity contribution is 7.89. The average Bonchev–Trinajstić information content (AvgIpc) is 2.78. The molecule has 5 nitrogen and oxygen atoms in total. The van der Waals surface area contributed by atoms with E-state index in [1.165, 1.54) is 7.11 Å². The molecule has 0 saturated carbocycles. The van der Waals surface area contributed by atoms with E-state index in [4.69, 9.17) is 4.74 Å². The molecule has 116 valence electrons. The van der Waals surface area contributed by atoms with Crippen molar-refractivity contribution in [3.63, 3.8) is 0 Å². The predicted molar refractivity (Wildman–Crippen MR) is 86.2 cm³/mol. The summed E-state index contributed by atoms with van der Waals surface area (Å²) in [5.41, 5.74) is 0.959. The summed E-state index contributed by atoms with van der Waals surface area (Å²) in [4.78, 5) is 4.52. The summed E-state index contributed by atoms with van der Waals surface area (Å²) < 4.78 is 32.7. The third-order valence-corrected chi connectivity index (χ3v) is 5.78. The van der Waals surface area contributed by atoms with E-state index in [0.717, 1.165) is 15.2 Å². The molecule has 0 aliphatic carbocycles. The number of nitrogens with zero attached hydrogens (tertiary/aromatic N) is 1. The summed E-state index contributed by atoms with van der Waals surface area (Å²) >= 11 is 1.60. The van der Waals surface area contributed by atoms with Crippen LogP contribution in [0.1, 0.15) is 18.9 Å². The molecule has 0 spiro atoms. The van der Waals surface area contributed by atoms with Gasteiger partial charge in [0.15, 0.2) is 0 Å². The second kappa shape index (κ2) is 6.83. The number of nitrogens with one attached hydrogen (secondary N) is 1. The second-order valence-electron chi connectivity index (χ2n) is 5.13. The Labute approximate surface area is 129 Å². The lowest BCUT2D eigenvalue weighted by atomic mass is 10.3. The summed E-state index contributed by atoms with van der Waals surface area (Å²) in [6.07, 6.45) is 0.261. The maximum absolute atomic E-state index is 12.0. The lowest BCUT2D eigenvalue weighted by Gasteiger charge is -2.15. The maximum atomic E-state index is 12.0. The smallest absolute Gasteiger partial charge is 0.214 e. The Hall–Kier alpha value is -1.02. The van der Waals surface area contributed by atoms with Gasteiger partial charge in [-0.1, -0.05) is 12.1 Å². The van der Waals surface area contributed by atoms with Gasteiger partial charge in [0.25, 0.3) is 0 Å². The lowest BCUT2D eigenvalue weighted by Crippen LogP contribution is -2.38. The molecule has 0 radical (unpaired) electrons. The fraction of sp³-hybridized carbons (Fsp3) is 0.500. The molecular formula is C14H20N2O3S2. The zero-order valence-corrected chi connectivity index (χ0v) is 14.0. The highest BCUT2D eigenvalue weighted by Gasteiger charge is 2.19. The molecule has 0 saturated heterocycles. The Morgan fingerprint density at radius 1 is 1.33 bits per heavy atom. The van der Waals surface area contributed by atoms with Crippen molar-refractivity contribution >= 4 is 31.6 Å². The predicted octanol–water partition coefficient (Wildman–Crippen LogP) is 2.18. The number of aromatic nitrogens is 1. The van der Waals surface area contributed by atoms with Crippen molar-refractivity contribution in [2.24, 2.45) is 0 Å². The highest BCUT2D eigenvalue weighted by atomic mass is 32.2. The van der Waals surface area contributed by atoms with Crippen LogP contribution in [0, 0.1) is 0 Å². The van der Waals surface area contributed by atoms with E-state index in [0.29, 0.717) is 6.42 Å². The van der Waals surface area contributed by atoms with Gasteiger partial charge in [0.05, 0.1) is 27.1 Å². The first-order chi connectivity index (χ1) is 9.89. The van der Waals surface area contributed by atoms with Crippen molar-refractivity contribution in [3.05, 3.63) is 29.3 Å². The third kappa shape index (κ3) is 4.74. The zero-order chi connectivity index (χ0) is 15.5. The third-order valence-electron chi connectivity index (χ3n) is 3.06. The van der Waals surface area contributed by atoms with Crippen LogP contribution in [0.25, 0.3) is 10.2 Å². The van der Waals surface area contributed by atoms with Gasteiger partial charge >= 0.3 is 0 Å². The summed E-state index contributed by atoms with van der Waals surface area (Å²) in [6.45, 7) is 3.58. The van der Waals surface area contributed by atoms with Crippen molar-refractivity contribution in [2.45, 2.75) is 32.4 Å². The Morgan fingerprint density at radius 3 is 2.71 bits per heavy atom. The molecule has 0 aliphatic rings. The van der Waals surface area contributed by atoms with E-state index >= 15 is 0 Å².